The Morgan fingerprint density at radius 3 is 2.81 bits per heavy atom. The summed E-state index contributed by atoms with van der Waals surface area (Å²) < 4.78 is 5.91. The van der Waals surface area contributed by atoms with Gasteiger partial charge in [0, 0.05) is 6.54 Å². The molecule has 4 nitrogen and oxygen atoms in total. The van der Waals surface area contributed by atoms with E-state index in [1.54, 1.807) is 11.3 Å². The number of aromatic nitrogens is 2. The van der Waals surface area contributed by atoms with Gasteiger partial charge in [0.2, 0.25) is 5.13 Å². The molecule has 1 N–H and O–H groups in total. The number of aryl methyl sites for hydroxylation is 1. The van der Waals surface area contributed by atoms with E-state index in [0.29, 0.717) is 12.5 Å². The van der Waals surface area contributed by atoms with Gasteiger partial charge in [0.05, 0.1) is 0 Å². The molecule has 0 atom stereocenters. The van der Waals surface area contributed by atoms with Crippen LogP contribution in [0.5, 0.6) is 5.75 Å². The van der Waals surface area contributed by atoms with Crippen LogP contribution in [0.1, 0.15) is 49.2 Å². The lowest BCUT2D eigenvalue weighted by atomic mass is 10.0. The van der Waals surface area contributed by atoms with Gasteiger partial charge in [-0.2, -0.15) is 0 Å². The van der Waals surface area contributed by atoms with Crippen molar-refractivity contribution in [3.63, 3.8) is 0 Å². The van der Waals surface area contributed by atoms with Crippen LogP contribution in [0.2, 0.25) is 0 Å². The van der Waals surface area contributed by atoms with Crippen LogP contribution in [0.25, 0.3) is 0 Å². The van der Waals surface area contributed by atoms with E-state index in [9.17, 15) is 0 Å². The van der Waals surface area contributed by atoms with Crippen molar-refractivity contribution >= 4 is 16.5 Å². The quantitative estimate of drug-likeness (QED) is 0.825. The van der Waals surface area contributed by atoms with Crippen molar-refractivity contribution in [2.75, 3.05) is 11.9 Å². The number of nitrogens with one attached hydrogen (secondary N) is 1. The molecule has 2 rings (SSSR count). The third kappa shape index (κ3) is 4.43. The minimum atomic E-state index is 0.466. The van der Waals surface area contributed by atoms with Crippen LogP contribution < -0.4 is 10.1 Å². The smallest absolute Gasteiger partial charge is 0.205 e. The Morgan fingerprint density at radius 2 is 2.10 bits per heavy atom. The molecule has 0 bridgehead atoms. The van der Waals surface area contributed by atoms with E-state index in [4.69, 9.17) is 4.74 Å². The maximum Gasteiger partial charge on any atom is 0.205 e. The highest BCUT2D eigenvalue weighted by Crippen LogP contribution is 2.25. The normalized spacial score (nSPS) is 10.9. The first-order valence-electron chi connectivity index (χ1n) is 7.39. The highest BCUT2D eigenvalue weighted by Gasteiger charge is 2.08. The monoisotopic (exact) mass is 305 g/mol. The molecule has 0 spiro atoms. The zero-order valence-corrected chi connectivity index (χ0v) is 14.0. The van der Waals surface area contributed by atoms with Crippen LogP contribution >= 0.6 is 11.3 Å². The van der Waals surface area contributed by atoms with Crippen molar-refractivity contribution in [2.24, 2.45) is 0 Å². The first kappa shape index (κ1) is 15.8. The lowest BCUT2D eigenvalue weighted by Crippen LogP contribution is -1.98. The van der Waals surface area contributed by atoms with Crippen molar-refractivity contribution in [3.8, 4) is 5.75 Å². The predicted octanol–water partition coefficient (Wildman–Crippen LogP) is 4.37. The minimum absolute atomic E-state index is 0.466. The Bertz CT molecular complexity index is 581. The van der Waals surface area contributed by atoms with Crippen LogP contribution in [-0.2, 0) is 6.61 Å². The molecule has 1 heterocycles. The molecule has 0 radical (unpaired) electrons. The summed E-state index contributed by atoms with van der Waals surface area (Å²) in [4.78, 5) is 0. The van der Waals surface area contributed by atoms with Gasteiger partial charge in [-0.15, -0.1) is 10.2 Å². The van der Waals surface area contributed by atoms with Crippen LogP contribution in [0.15, 0.2) is 18.2 Å². The van der Waals surface area contributed by atoms with E-state index in [-0.39, 0.29) is 0 Å². The van der Waals surface area contributed by atoms with E-state index in [0.717, 1.165) is 34.4 Å². The molecule has 0 aliphatic carbocycles. The summed E-state index contributed by atoms with van der Waals surface area (Å²) >= 11 is 1.55. The van der Waals surface area contributed by atoms with Crippen molar-refractivity contribution < 1.29 is 4.74 Å². The molecule has 5 heteroatoms. The second-order valence-electron chi connectivity index (χ2n) is 5.40. The minimum Gasteiger partial charge on any atom is -0.486 e. The highest BCUT2D eigenvalue weighted by molar-refractivity contribution is 7.15. The summed E-state index contributed by atoms with van der Waals surface area (Å²) in [6, 6.07) is 6.39. The van der Waals surface area contributed by atoms with Crippen molar-refractivity contribution in [3.05, 3.63) is 34.3 Å². The van der Waals surface area contributed by atoms with Gasteiger partial charge >= 0.3 is 0 Å². The molecule has 21 heavy (non-hydrogen) atoms. The lowest BCUT2D eigenvalue weighted by molar-refractivity contribution is 0.302. The van der Waals surface area contributed by atoms with Gasteiger partial charge in [0.15, 0.2) is 5.01 Å². The maximum atomic E-state index is 5.91. The summed E-state index contributed by atoms with van der Waals surface area (Å²) in [7, 11) is 0. The molecule has 0 saturated heterocycles. The average Bonchev–Trinajstić information content (AvgIpc) is 2.92. The van der Waals surface area contributed by atoms with E-state index in [1.807, 2.05) is 0 Å². The summed E-state index contributed by atoms with van der Waals surface area (Å²) in [6.07, 6.45) is 1.08. The Hall–Kier alpha value is -1.62. The number of rotatable bonds is 7. The van der Waals surface area contributed by atoms with E-state index in [1.165, 1.54) is 5.56 Å². The second kappa shape index (κ2) is 7.41. The lowest BCUT2D eigenvalue weighted by Gasteiger charge is -2.11. The molecule has 0 unspecified atom stereocenters. The van der Waals surface area contributed by atoms with Gasteiger partial charge < -0.3 is 10.1 Å². The zero-order chi connectivity index (χ0) is 15.2. The van der Waals surface area contributed by atoms with Gasteiger partial charge in [0.1, 0.15) is 12.4 Å². The first-order chi connectivity index (χ1) is 10.1. The molecule has 0 aliphatic rings. The summed E-state index contributed by atoms with van der Waals surface area (Å²) in [5.74, 6) is 1.43. The second-order valence-corrected chi connectivity index (χ2v) is 6.46. The Kier molecular flexibility index (Phi) is 5.56. The van der Waals surface area contributed by atoms with Gasteiger partial charge in [-0.05, 0) is 36.5 Å². The summed E-state index contributed by atoms with van der Waals surface area (Å²) in [5.41, 5.74) is 2.44. The molecule has 2 aromatic rings. The number of ether oxygens (including phenoxy) is 1. The molecule has 0 saturated carbocycles. The molecule has 1 aromatic carbocycles. The Morgan fingerprint density at radius 1 is 1.29 bits per heavy atom. The van der Waals surface area contributed by atoms with Gasteiger partial charge in [-0.25, -0.2) is 0 Å². The number of hydrogen-bond donors (Lipinski definition) is 1. The van der Waals surface area contributed by atoms with Crippen LogP contribution in [-0.4, -0.2) is 16.7 Å². The fourth-order valence-electron chi connectivity index (χ4n) is 1.89. The van der Waals surface area contributed by atoms with Crippen LogP contribution in [0.4, 0.5) is 5.13 Å². The van der Waals surface area contributed by atoms with Crippen LogP contribution in [0, 0.1) is 6.92 Å². The third-order valence-corrected chi connectivity index (χ3v) is 4.08. The van der Waals surface area contributed by atoms with Crippen molar-refractivity contribution in [1.82, 2.24) is 10.2 Å². The van der Waals surface area contributed by atoms with E-state index < -0.39 is 0 Å². The number of anilines is 1. The van der Waals surface area contributed by atoms with E-state index >= 15 is 0 Å². The molecular formula is C16H23N3OS. The summed E-state index contributed by atoms with van der Waals surface area (Å²) in [6.45, 7) is 9.95. The van der Waals surface area contributed by atoms with Crippen molar-refractivity contribution in [2.45, 2.75) is 46.6 Å². The highest BCUT2D eigenvalue weighted by atomic mass is 32.1. The molecule has 0 amide bonds. The molecule has 0 fully saturated rings. The Balaban J connectivity index is 1.99. The van der Waals surface area contributed by atoms with E-state index in [2.05, 4.69) is 61.4 Å². The fraction of sp³-hybridized carbons (Fsp3) is 0.500. The zero-order valence-electron chi connectivity index (χ0n) is 13.1. The standard InChI is InChI=1S/C16H23N3OS/c1-5-8-17-16-19-18-15(21-16)10-20-14-9-13(11(2)3)7-6-12(14)4/h6-7,9,11H,5,8,10H2,1-4H3,(H,17,19). The predicted molar refractivity (Wildman–Crippen MR) is 88.3 cm³/mol. The van der Waals surface area contributed by atoms with Gasteiger partial charge in [-0.3, -0.25) is 0 Å². The first-order valence-corrected chi connectivity index (χ1v) is 8.21. The molecular weight excluding hydrogens is 282 g/mol. The topological polar surface area (TPSA) is 47.0 Å². The Labute approximate surface area is 130 Å². The number of nitrogens with zero attached hydrogens (tertiary/aromatic N) is 2. The SMILES string of the molecule is CCCNc1nnc(COc2cc(C(C)C)ccc2C)s1. The average molecular weight is 305 g/mol. The van der Waals surface area contributed by atoms with Crippen LogP contribution in [0.3, 0.4) is 0 Å². The van der Waals surface area contributed by atoms with Crippen molar-refractivity contribution in [1.29, 1.82) is 0 Å². The molecule has 0 aliphatic heterocycles. The summed E-state index contributed by atoms with van der Waals surface area (Å²) in [5, 5.41) is 13.3. The largest absolute Gasteiger partial charge is 0.486 e. The third-order valence-electron chi connectivity index (χ3n) is 3.22. The number of hydrogen-bond acceptors (Lipinski definition) is 5. The molecule has 114 valence electrons. The number of benzene rings is 1. The maximum absolute atomic E-state index is 5.91. The van der Waals surface area contributed by atoms with Gasteiger partial charge in [-0.1, -0.05) is 44.2 Å². The van der Waals surface area contributed by atoms with Gasteiger partial charge in [0.25, 0.3) is 0 Å². The fourth-order valence-corrected chi connectivity index (χ4v) is 2.56. The molecule has 1 aromatic heterocycles.